The van der Waals surface area contributed by atoms with Gasteiger partial charge in [-0.25, -0.2) is 0 Å². The minimum absolute atomic E-state index is 0.0326. The Labute approximate surface area is 294 Å². The van der Waals surface area contributed by atoms with Gasteiger partial charge in [-0.05, 0) is 90.6 Å². The summed E-state index contributed by atoms with van der Waals surface area (Å²) in [5.74, 6) is 2.63. The molecule has 6 heteroatoms. The molecular formula is C43H56O5Si. The van der Waals surface area contributed by atoms with Crippen molar-refractivity contribution in [3.63, 3.8) is 0 Å². The number of carbonyl (C=O) groups excluding carboxylic acids is 2. The third-order valence-corrected chi connectivity index (χ3v) is 18.6. The van der Waals surface area contributed by atoms with Crippen LogP contribution < -0.4 is 10.4 Å². The van der Waals surface area contributed by atoms with Crippen molar-refractivity contribution < 1.29 is 23.9 Å². The highest BCUT2D eigenvalue weighted by molar-refractivity contribution is 6.99. The standard InChI is InChI=1S/C43H56O5Si/c1-28-34-20-21-35-33-19-18-29-24-30(44)22-23-42(29,7)36(33)25-38(45)43(34,35)27-47-39(28)37(26-41(5,6)46)48-49(40(2,3)4,31-14-10-8-11-15-31)32-16-12-9-13-17-32/h8-17,21,29,33-34,36-37,46H,18-20,22-27H2,1-7H3/t29-,33-,34+,36-,37+,42-,43+/m0/s1. The highest BCUT2D eigenvalue weighted by Gasteiger charge is 2.65. The van der Waals surface area contributed by atoms with Crippen LogP contribution in [0.25, 0.3) is 0 Å². The van der Waals surface area contributed by atoms with Crippen LogP contribution >= 0.6 is 0 Å². The van der Waals surface area contributed by atoms with Gasteiger partial charge >= 0.3 is 0 Å². The predicted molar refractivity (Wildman–Crippen MR) is 197 cm³/mol. The zero-order chi connectivity index (χ0) is 35.0. The number of aliphatic hydroxyl groups is 1. The van der Waals surface area contributed by atoms with Crippen molar-refractivity contribution in [1.29, 1.82) is 0 Å². The molecule has 0 aromatic heterocycles. The number of ketones is 2. The SMILES string of the molecule is CC1=C([C@@H](CC(C)(C)O)O[Si](c2ccccc2)(c2ccccc2)C(C)(C)C)OC[C@]23C(=O)C[C@H]4[C@@H](CC[C@H]5CC(=O)CC[C@@]54C)C2=CC[C@H]13. The average Bonchev–Trinajstić information content (AvgIpc) is 3.46. The van der Waals surface area contributed by atoms with Gasteiger partial charge < -0.3 is 14.3 Å². The third kappa shape index (κ3) is 5.47. The van der Waals surface area contributed by atoms with E-state index in [1.54, 1.807) is 0 Å². The zero-order valence-corrected chi connectivity index (χ0v) is 31.7. The van der Waals surface area contributed by atoms with Gasteiger partial charge in [-0.2, -0.15) is 0 Å². The van der Waals surface area contributed by atoms with Crippen molar-refractivity contribution in [2.24, 2.45) is 34.5 Å². The van der Waals surface area contributed by atoms with Crippen molar-refractivity contribution in [1.82, 2.24) is 0 Å². The molecule has 49 heavy (non-hydrogen) atoms. The van der Waals surface area contributed by atoms with E-state index in [-0.39, 0.29) is 16.4 Å². The van der Waals surface area contributed by atoms with Crippen LogP contribution in [0.3, 0.4) is 0 Å². The van der Waals surface area contributed by atoms with Crippen LogP contribution in [0, 0.1) is 34.5 Å². The summed E-state index contributed by atoms with van der Waals surface area (Å²) in [6.45, 7) is 15.4. The van der Waals surface area contributed by atoms with E-state index in [1.807, 2.05) is 13.8 Å². The number of hydrogen-bond acceptors (Lipinski definition) is 5. The van der Waals surface area contributed by atoms with E-state index in [0.29, 0.717) is 61.6 Å². The number of Topliss-reactive ketones (excluding diaryl/α,β-unsaturated/α-hetero) is 2. The van der Waals surface area contributed by atoms with E-state index in [2.05, 4.69) is 101 Å². The Morgan fingerprint density at radius 3 is 2.18 bits per heavy atom. The Bertz CT molecular complexity index is 1620. The van der Waals surface area contributed by atoms with E-state index in [0.717, 1.165) is 37.0 Å². The summed E-state index contributed by atoms with van der Waals surface area (Å²) < 4.78 is 14.7. The van der Waals surface area contributed by atoms with Gasteiger partial charge in [-0.15, -0.1) is 0 Å². The molecule has 0 bridgehead atoms. The highest BCUT2D eigenvalue weighted by atomic mass is 28.4. The molecule has 7 rings (SSSR count). The summed E-state index contributed by atoms with van der Waals surface area (Å²) in [5.41, 5.74) is 0.823. The Hall–Kier alpha value is -2.80. The van der Waals surface area contributed by atoms with Gasteiger partial charge in [0.1, 0.15) is 30.0 Å². The maximum atomic E-state index is 14.7. The molecular weight excluding hydrogens is 625 g/mol. The van der Waals surface area contributed by atoms with Crippen molar-refractivity contribution in [2.75, 3.05) is 6.61 Å². The second-order valence-corrected chi connectivity index (χ2v) is 22.2. The van der Waals surface area contributed by atoms with Crippen LogP contribution in [0.4, 0.5) is 0 Å². The number of fused-ring (bicyclic) bond motifs is 4. The Balaban J connectivity index is 1.29. The summed E-state index contributed by atoms with van der Waals surface area (Å²) in [6, 6.07) is 21.3. The zero-order valence-electron chi connectivity index (χ0n) is 30.7. The first-order chi connectivity index (χ1) is 23.1. The number of allylic oxidation sites excluding steroid dienone is 2. The number of hydrogen-bond donors (Lipinski definition) is 1. The van der Waals surface area contributed by atoms with Crippen LogP contribution in [0.1, 0.15) is 99.8 Å². The van der Waals surface area contributed by atoms with Crippen LogP contribution in [-0.4, -0.2) is 43.3 Å². The van der Waals surface area contributed by atoms with Crippen LogP contribution in [0.15, 0.2) is 83.6 Å². The fraction of sp³-hybridized carbons (Fsp3) is 0.581. The second kappa shape index (κ2) is 12.2. The lowest BCUT2D eigenvalue weighted by Gasteiger charge is -2.59. The molecule has 0 amide bonds. The van der Waals surface area contributed by atoms with Gasteiger partial charge in [0, 0.05) is 31.6 Å². The van der Waals surface area contributed by atoms with E-state index in [9.17, 15) is 14.7 Å². The smallest absolute Gasteiger partial charge is 0.262 e. The number of ether oxygens (including phenoxy) is 1. The summed E-state index contributed by atoms with van der Waals surface area (Å²) >= 11 is 0. The Kier molecular flexibility index (Phi) is 8.60. The Morgan fingerprint density at radius 1 is 0.959 bits per heavy atom. The monoisotopic (exact) mass is 680 g/mol. The molecule has 2 aromatic rings. The third-order valence-electron chi connectivity index (χ3n) is 13.6. The number of rotatable bonds is 7. The number of carbonyl (C=O) groups is 2. The molecule has 0 saturated heterocycles. The summed E-state index contributed by atoms with van der Waals surface area (Å²) in [6.07, 6.45) is 8.06. The summed E-state index contributed by atoms with van der Waals surface area (Å²) in [5, 5.41) is 13.5. The topological polar surface area (TPSA) is 72.8 Å². The van der Waals surface area contributed by atoms with Crippen LogP contribution in [-0.2, 0) is 18.8 Å². The van der Waals surface area contributed by atoms with Gasteiger partial charge in [0.25, 0.3) is 8.32 Å². The van der Waals surface area contributed by atoms with E-state index in [1.165, 1.54) is 15.9 Å². The molecule has 2 aromatic carbocycles. The van der Waals surface area contributed by atoms with Crippen LogP contribution in [0.2, 0.25) is 5.04 Å². The fourth-order valence-electron chi connectivity index (χ4n) is 11.2. The van der Waals surface area contributed by atoms with Gasteiger partial charge in [0.2, 0.25) is 0 Å². The second-order valence-electron chi connectivity index (χ2n) is 17.9. The maximum absolute atomic E-state index is 14.7. The molecule has 0 radical (unpaired) electrons. The van der Waals surface area contributed by atoms with E-state index in [4.69, 9.17) is 9.16 Å². The Morgan fingerprint density at radius 2 is 1.59 bits per heavy atom. The molecule has 1 N–H and O–H groups in total. The maximum Gasteiger partial charge on any atom is 0.262 e. The van der Waals surface area contributed by atoms with Crippen molar-refractivity contribution in [3.8, 4) is 0 Å². The molecule has 7 atom stereocenters. The summed E-state index contributed by atoms with van der Waals surface area (Å²) in [4.78, 5) is 27.1. The van der Waals surface area contributed by atoms with Crippen LogP contribution in [0.5, 0.6) is 0 Å². The minimum Gasteiger partial charge on any atom is -0.494 e. The van der Waals surface area contributed by atoms with E-state index >= 15 is 0 Å². The highest BCUT2D eigenvalue weighted by Crippen LogP contribution is 2.66. The van der Waals surface area contributed by atoms with Crippen molar-refractivity contribution in [2.45, 2.75) is 117 Å². The quantitative estimate of drug-likeness (QED) is 0.240. The molecule has 262 valence electrons. The lowest BCUT2D eigenvalue weighted by Crippen LogP contribution is -2.68. The van der Waals surface area contributed by atoms with Gasteiger partial charge in [-0.1, -0.05) is 100 Å². The lowest BCUT2D eigenvalue weighted by atomic mass is 9.45. The predicted octanol–water partition coefficient (Wildman–Crippen LogP) is 7.70. The van der Waals surface area contributed by atoms with Gasteiger partial charge in [-0.3, -0.25) is 9.59 Å². The molecule has 3 saturated carbocycles. The molecule has 0 unspecified atom stereocenters. The molecule has 4 aliphatic carbocycles. The minimum atomic E-state index is -2.99. The van der Waals surface area contributed by atoms with Gasteiger partial charge in [0.15, 0.2) is 0 Å². The first kappa shape index (κ1) is 34.6. The molecule has 1 spiro atoms. The largest absolute Gasteiger partial charge is 0.494 e. The lowest BCUT2D eigenvalue weighted by molar-refractivity contribution is -0.147. The molecule has 5 nitrogen and oxygen atoms in total. The van der Waals surface area contributed by atoms with Gasteiger partial charge in [0.05, 0.1) is 11.0 Å². The van der Waals surface area contributed by atoms with Crippen molar-refractivity contribution >= 4 is 30.3 Å². The molecule has 1 heterocycles. The molecule has 5 aliphatic rings. The first-order valence-electron chi connectivity index (χ1n) is 18.7. The van der Waals surface area contributed by atoms with Crippen molar-refractivity contribution in [3.05, 3.63) is 83.6 Å². The summed E-state index contributed by atoms with van der Waals surface area (Å²) in [7, 11) is -2.99. The first-order valence-corrected chi connectivity index (χ1v) is 20.6. The molecule has 1 aliphatic heterocycles. The number of benzene rings is 2. The van der Waals surface area contributed by atoms with E-state index < -0.39 is 25.4 Å². The normalized spacial score (nSPS) is 32.4. The average molecular weight is 681 g/mol. The molecule has 3 fully saturated rings. The fourth-order valence-corrected chi connectivity index (χ4v) is 15.8.